The van der Waals surface area contributed by atoms with E-state index < -0.39 is 0 Å². The third kappa shape index (κ3) is 7.42. The first-order valence-electron chi connectivity index (χ1n) is 9.04. The van der Waals surface area contributed by atoms with E-state index >= 15 is 0 Å². The Morgan fingerprint density at radius 2 is 2.24 bits per heavy atom. The van der Waals surface area contributed by atoms with E-state index in [9.17, 15) is 4.79 Å². The molecule has 1 saturated heterocycles. The normalized spacial score (nSPS) is 18.8. The first-order chi connectivity index (χ1) is 12.0. The van der Waals surface area contributed by atoms with Crippen molar-refractivity contribution in [1.29, 1.82) is 0 Å². The Labute approximate surface area is 150 Å². The topological polar surface area (TPSA) is 62.8 Å². The van der Waals surface area contributed by atoms with Crippen LogP contribution in [0.2, 0.25) is 0 Å². The van der Waals surface area contributed by atoms with Crippen LogP contribution in [0, 0.1) is 0 Å². The molecule has 1 heterocycles. The van der Waals surface area contributed by atoms with E-state index in [4.69, 9.17) is 9.47 Å². The summed E-state index contributed by atoms with van der Waals surface area (Å²) < 4.78 is 11.4. The number of carbonyl (C=O) groups is 1. The Balaban J connectivity index is 1.73. The molecule has 0 spiro atoms. The second-order valence-corrected chi connectivity index (χ2v) is 6.85. The number of benzene rings is 1. The number of rotatable bonds is 8. The Morgan fingerprint density at radius 3 is 2.96 bits per heavy atom. The molecule has 2 unspecified atom stereocenters. The van der Waals surface area contributed by atoms with Gasteiger partial charge in [-0.15, -0.1) is 0 Å². The second kappa shape index (κ2) is 10.4. The van der Waals surface area contributed by atoms with Gasteiger partial charge in [-0.3, -0.25) is 0 Å². The molecule has 1 fully saturated rings. The summed E-state index contributed by atoms with van der Waals surface area (Å²) in [6.45, 7) is 4.65. The van der Waals surface area contributed by atoms with Gasteiger partial charge in [-0.2, -0.15) is 0 Å². The first kappa shape index (κ1) is 19.7. The van der Waals surface area contributed by atoms with Crippen molar-refractivity contribution in [2.75, 3.05) is 39.2 Å². The molecule has 2 atom stereocenters. The maximum atomic E-state index is 12.0. The van der Waals surface area contributed by atoms with Crippen LogP contribution in [0.4, 0.5) is 10.5 Å². The largest absolute Gasteiger partial charge is 0.376 e. The Bertz CT molecular complexity index is 530. The molecule has 0 bridgehead atoms. The molecule has 0 saturated carbocycles. The van der Waals surface area contributed by atoms with E-state index in [2.05, 4.69) is 22.5 Å². The zero-order chi connectivity index (χ0) is 18.1. The predicted octanol–water partition coefficient (Wildman–Crippen LogP) is 2.84. The van der Waals surface area contributed by atoms with Crippen LogP contribution >= 0.6 is 0 Å². The molecular weight excluding hydrogens is 318 g/mol. The lowest BCUT2D eigenvalue weighted by atomic mass is 10.1. The Morgan fingerprint density at radius 1 is 1.40 bits per heavy atom. The number of anilines is 1. The van der Waals surface area contributed by atoms with Crippen molar-refractivity contribution in [1.82, 2.24) is 10.2 Å². The number of hydrogen-bond donors (Lipinski definition) is 2. The number of likely N-dealkylation sites (N-methyl/N-ethyl adjacent to an activating group) is 1. The van der Waals surface area contributed by atoms with Gasteiger partial charge in [0, 0.05) is 24.9 Å². The lowest BCUT2D eigenvalue weighted by Gasteiger charge is -2.22. The minimum Gasteiger partial charge on any atom is -0.376 e. The number of carbonyl (C=O) groups excluding carboxylic acids is 1. The van der Waals surface area contributed by atoms with E-state index in [-0.39, 0.29) is 18.2 Å². The van der Waals surface area contributed by atoms with Crippen LogP contribution in [0.3, 0.4) is 0 Å². The first-order valence-corrected chi connectivity index (χ1v) is 9.04. The van der Waals surface area contributed by atoms with Crippen molar-refractivity contribution >= 4 is 11.7 Å². The zero-order valence-electron chi connectivity index (χ0n) is 15.6. The minimum atomic E-state index is -0.192. The average Bonchev–Trinajstić information content (AvgIpc) is 2.61. The Hall–Kier alpha value is -1.63. The SMILES string of the molecule is CC(CNC(=O)Nc1cccc(COCC2CCCCO2)c1)N(C)C. The van der Waals surface area contributed by atoms with E-state index in [1.165, 1.54) is 6.42 Å². The maximum absolute atomic E-state index is 12.0. The van der Waals surface area contributed by atoms with Gasteiger partial charge < -0.3 is 25.0 Å². The fourth-order valence-electron chi connectivity index (χ4n) is 2.58. The summed E-state index contributed by atoms with van der Waals surface area (Å²) in [5, 5.41) is 5.75. The highest BCUT2D eigenvalue weighted by Crippen LogP contribution is 2.15. The van der Waals surface area contributed by atoms with Crippen LogP contribution < -0.4 is 10.6 Å². The summed E-state index contributed by atoms with van der Waals surface area (Å²) in [4.78, 5) is 14.0. The van der Waals surface area contributed by atoms with Gasteiger partial charge in [0.1, 0.15) is 0 Å². The van der Waals surface area contributed by atoms with Crippen LogP contribution in [0.25, 0.3) is 0 Å². The van der Waals surface area contributed by atoms with Crippen LogP contribution in [0.1, 0.15) is 31.7 Å². The zero-order valence-corrected chi connectivity index (χ0v) is 15.6. The number of nitrogens with zero attached hydrogens (tertiary/aromatic N) is 1. The molecule has 0 aliphatic carbocycles. The summed E-state index contributed by atoms with van der Waals surface area (Å²) in [7, 11) is 3.98. The summed E-state index contributed by atoms with van der Waals surface area (Å²) in [6, 6.07) is 7.83. The van der Waals surface area contributed by atoms with Gasteiger partial charge in [0.2, 0.25) is 0 Å². The van der Waals surface area contributed by atoms with Crippen LogP contribution in [0.5, 0.6) is 0 Å². The van der Waals surface area contributed by atoms with Gasteiger partial charge >= 0.3 is 6.03 Å². The van der Waals surface area contributed by atoms with Crippen molar-refractivity contribution in [3.63, 3.8) is 0 Å². The predicted molar refractivity (Wildman–Crippen MR) is 99.9 cm³/mol. The molecule has 1 aliphatic rings. The number of nitrogens with one attached hydrogen (secondary N) is 2. The molecule has 0 radical (unpaired) electrons. The van der Waals surface area contributed by atoms with E-state index in [1.54, 1.807) is 0 Å². The number of amides is 2. The number of urea groups is 1. The van der Waals surface area contributed by atoms with Crippen LogP contribution in [-0.2, 0) is 16.1 Å². The van der Waals surface area contributed by atoms with Crippen molar-refractivity contribution in [2.24, 2.45) is 0 Å². The fourth-order valence-corrected chi connectivity index (χ4v) is 2.58. The Kier molecular flexibility index (Phi) is 8.18. The molecule has 1 aromatic rings. The van der Waals surface area contributed by atoms with Crippen LogP contribution in [0.15, 0.2) is 24.3 Å². The molecule has 1 aromatic carbocycles. The smallest absolute Gasteiger partial charge is 0.319 e. The van der Waals surface area contributed by atoms with Gasteiger partial charge in [0.05, 0.1) is 19.3 Å². The molecule has 1 aliphatic heterocycles. The van der Waals surface area contributed by atoms with Gasteiger partial charge in [0.15, 0.2) is 0 Å². The fraction of sp³-hybridized carbons (Fsp3) is 0.632. The van der Waals surface area contributed by atoms with Gasteiger partial charge in [-0.25, -0.2) is 4.79 Å². The third-order valence-electron chi connectivity index (χ3n) is 4.47. The minimum absolute atomic E-state index is 0.192. The van der Waals surface area contributed by atoms with Gasteiger partial charge in [0.25, 0.3) is 0 Å². The molecule has 2 rings (SSSR count). The summed E-state index contributed by atoms with van der Waals surface area (Å²) in [5.74, 6) is 0. The third-order valence-corrected chi connectivity index (χ3v) is 4.47. The van der Waals surface area contributed by atoms with Gasteiger partial charge in [-0.05, 0) is 58.0 Å². The van der Waals surface area contributed by atoms with Crippen LogP contribution in [-0.4, -0.2) is 56.9 Å². The maximum Gasteiger partial charge on any atom is 0.319 e. The lowest BCUT2D eigenvalue weighted by molar-refractivity contribution is -0.0447. The molecule has 2 N–H and O–H groups in total. The monoisotopic (exact) mass is 349 g/mol. The summed E-state index contributed by atoms with van der Waals surface area (Å²) in [5.41, 5.74) is 1.81. The van der Waals surface area contributed by atoms with Crippen molar-refractivity contribution < 1.29 is 14.3 Å². The highest BCUT2D eigenvalue weighted by Gasteiger charge is 2.13. The molecule has 25 heavy (non-hydrogen) atoms. The highest BCUT2D eigenvalue weighted by molar-refractivity contribution is 5.89. The summed E-state index contributed by atoms with van der Waals surface area (Å²) in [6.07, 6.45) is 3.67. The number of ether oxygens (including phenoxy) is 2. The molecule has 140 valence electrons. The van der Waals surface area contributed by atoms with E-state index in [0.29, 0.717) is 19.8 Å². The van der Waals surface area contributed by atoms with E-state index in [0.717, 1.165) is 30.7 Å². The molecule has 0 aromatic heterocycles. The average molecular weight is 349 g/mol. The number of hydrogen-bond acceptors (Lipinski definition) is 4. The molecule has 6 nitrogen and oxygen atoms in total. The lowest BCUT2D eigenvalue weighted by Crippen LogP contribution is -2.40. The standard InChI is InChI=1S/C19H31N3O3/c1-15(22(2)3)12-20-19(23)21-17-8-6-7-16(11-17)13-24-14-18-9-4-5-10-25-18/h6-8,11,15,18H,4-5,9-10,12-14H2,1-3H3,(H2,20,21,23). The molecule has 6 heteroatoms. The molecular formula is C19H31N3O3. The van der Waals surface area contributed by atoms with Crippen molar-refractivity contribution in [3.8, 4) is 0 Å². The van der Waals surface area contributed by atoms with Crippen molar-refractivity contribution in [3.05, 3.63) is 29.8 Å². The van der Waals surface area contributed by atoms with E-state index in [1.807, 2.05) is 38.4 Å². The quantitative estimate of drug-likeness (QED) is 0.757. The van der Waals surface area contributed by atoms with Crippen molar-refractivity contribution in [2.45, 2.75) is 44.9 Å². The second-order valence-electron chi connectivity index (χ2n) is 6.85. The highest BCUT2D eigenvalue weighted by atomic mass is 16.5. The molecule has 2 amide bonds. The van der Waals surface area contributed by atoms with Gasteiger partial charge in [-0.1, -0.05) is 12.1 Å². The summed E-state index contributed by atoms with van der Waals surface area (Å²) >= 11 is 0.